The van der Waals surface area contributed by atoms with Crippen molar-refractivity contribution >= 4 is 17.9 Å². The van der Waals surface area contributed by atoms with Gasteiger partial charge in [0.1, 0.15) is 17.7 Å². The number of halogens is 3. The molecule has 216 valence electrons. The highest BCUT2D eigenvalue weighted by molar-refractivity contribution is 5.89. The van der Waals surface area contributed by atoms with Crippen molar-refractivity contribution in [2.24, 2.45) is 5.92 Å². The number of alkyl halides is 3. The Morgan fingerprint density at radius 1 is 1.15 bits per heavy atom. The van der Waals surface area contributed by atoms with Gasteiger partial charge < -0.3 is 19.9 Å². The molecule has 0 radical (unpaired) electrons. The number of fused-ring (bicyclic) bond motifs is 3. The van der Waals surface area contributed by atoms with Gasteiger partial charge in [0.15, 0.2) is 0 Å². The lowest BCUT2D eigenvalue weighted by Gasteiger charge is -2.39. The lowest BCUT2D eigenvalue weighted by atomic mass is 10.0. The number of piperazine rings is 1. The van der Waals surface area contributed by atoms with E-state index in [9.17, 15) is 32.8 Å². The Kier molecular flexibility index (Phi) is 7.01. The van der Waals surface area contributed by atoms with E-state index in [2.05, 4.69) is 11.4 Å². The fourth-order valence-corrected chi connectivity index (χ4v) is 6.45. The minimum atomic E-state index is -4.44. The van der Waals surface area contributed by atoms with E-state index in [0.29, 0.717) is 30.9 Å². The van der Waals surface area contributed by atoms with Gasteiger partial charge in [-0.1, -0.05) is 12.1 Å². The van der Waals surface area contributed by atoms with Gasteiger partial charge in [-0.15, -0.1) is 0 Å². The fourth-order valence-electron chi connectivity index (χ4n) is 6.45. The number of ether oxygens (including phenoxy) is 1. The first-order valence-corrected chi connectivity index (χ1v) is 13.6. The van der Waals surface area contributed by atoms with Crippen molar-refractivity contribution in [3.8, 4) is 6.07 Å². The Bertz CT molecular complexity index is 1220. The Labute approximate surface area is 231 Å². The third-order valence-corrected chi connectivity index (χ3v) is 8.37. The van der Waals surface area contributed by atoms with Gasteiger partial charge in [-0.25, -0.2) is 4.79 Å². The highest BCUT2D eigenvalue weighted by atomic mass is 19.4. The van der Waals surface area contributed by atoms with Crippen molar-refractivity contribution in [2.75, 3.05) is 13.1 Å². The summed E-state index contributed by atoms with van der Waals surface area (Å²) in [4.78, 5) is 45.0. The molecular weight excluding hydrogens is 527 g/mol. The summed E-state index contributed by atoms with van der Waals surface area (Å²) in [6.45, 7) is 7.48. The molecule has 5 unspecified atom stereocenters. The minimum absolute atomic E-state index is 0.00294. The average Bonchev–Trinajstić information content (AvgIpc) is 3.18. The lowest BCUT2D eigenvalue weighted by Crippen LogP contribution is -2.59. The zero-order chi connectivity index (χ0) is 29.1. The van der Waals surface area contributed by atoms with E-state index in [1.165, 1.54) is 12.1 Å². The normalized spacial score (nSPS) is 29.1. The first-order valence-electron chi connectivity index (χ1n) is 13.6. The second-order valence-corrected chi connectivity index (χ2v) is 12.3. The zero-order valence-electron chi connectivity index (χ0n) is 22.9. The Morgan fingerprint density at radius 2 is 1.82 bits per heavy atom. The standard InChI is InChI=1S/C28H34F3N5O4/c1-15(16-5-7-18(8-6-16)28(29,30)31)35-20-11-23(25(35)38)34(13-20)14-21(33-26(39)40-27(2,3)4)24(37)36-19(12-32)9-17-10-22(17)36/h5-8,15,17,19-23H,9-11,13-14H2,1-4H3,(H,33,39)/t15?,17-,19?,20?,21+,22?,23?/m1/s1. The molecule has 1 aliphatic carbocycles. The van der Waals surface area contributed by atoms with Gasteiger partial charge in [0.05, 0.1) is 23.7 Å². The van der Waals surface area contributed by atoms with Crippen LogP contribution in [0.5, 0.6) is 0 Å². The largest absolute Gasteiger partial charge is 0.444 e. The number of amides is 3. The molecular formula is C28H34F3N5O4. The van der Waals surface area contributed by atoms with E-state index in [-0.39, 0.29) is 30.4 Å². The minimum Gasteiger partial charge on any atom is -0.444 e. The molecule has 0 aromatic heterocycles. The van der Waals surface area contributed by atoms with Crippen molar-refractivity contribution in [1.82, 2.24) is 20.0 Å². The molecule has 3 amide bonds. The Hall–Kier alpha value is -3.33. The predicted molar refractivity (Wildman–Crippen MR) is 136 cm³/mol. The number of nitrogens with one attached hydrogen (secondary N) is 1. The predicted octanol–water partition coefficient (Wildman–Crippen LogP) is 3.46. The molecule has 1 aromatic carbocycles. The van der Waals surface area contributed by atoms with Crippen LogP contribution in [-0.4, -0.2) is 81.5 Å². The topological polar surface area (TPSA) is 106 Å². The highest BCUT2D eigenvalue weighted by Gasteiger charge is 2.56. The van der Waals surface area contributed by atoms with E-state index in [0.717, 1.165) is 18.6 Å². The SMILES string of the molecule is CC(c1ccc(C(F)(F)F)cc1)N1C(=O)C2CC1CN2C[C@H](NC(=O)OC(C)(C)C)C(=O)N1C(C#N)C[C@@H]2CC21. The molecule has 2 bridgehead atoms. The molecule has 12 heteroatoms. The number of nitrogens with zero attached hydrogens (tertiary/aromatic N) is 4. The van der Waals surface area contributed by atoms with Crippen LogP contribution in [0, 0.1) is 17.2 Å². The van der Waals surface area contributed by atoms with Crippen molar-refractivity contribution in [3.05, 3.63) is 35.4 Å². The van der Waals surface area contributed by atoms with Gasteiger partial charge in [-0.3, -0.25) is 14.5 Å². The smallest absolute Gasteiger partial charge is 0.416 e. The molecule has 5 rings (SSSR count). The third kappa shape index (κ3) is 5.36. The lowest BCUT2D eigenvalue weighted by molar-refractivity contribution is -0.141. The van der Waals surface area contributed by atoms with Crippen LogP contribution in [0.2, 0.25) is 0 Å². The number of benzene rings is 1. The molecule has 9 nitrogen and oxygen atoms in total. The number of hydrogen-bond donors (Lipinski definition) is 1. The van der Waals surface area contributed by atoms with Gasteiger partial charge >= 0.3 is 12.3 Å². The molecule has 3 heterocycles. The maximum absolute atomic E-state index is 13.7. The third-order valence-electron chi connectivity index (χ3n) is 8.37. The maximum Gasteiger partial charge on any atom is 0.416 e. The van der Waals surface area contributed by atoms with E-state index in [4.69, 9.17) is 4.74 Å². The van der Waals surface area contributed by atoms with Crippen LogP contribution in [0.3, 0.4) is 0 Å². The number of rotatable bonds is 6. The number of piperidine rings is 1. The van der Waals surface area contributed by atoms with Crippen molar-refractivity contribution < 1.29 is 32.3 Å². The van der Waals surface area contributed by atoms with Crippen LogP contribution in [0.25, 0.3) is 0 Å². The van der Waals surface area contributed by atoms with E-state index < -0.39 is 47.6 Å². The average molecular weight is 562 g/mol. The highest BCUT2D eigenvalue weighted by Crippen LogP contribution is 2.48. The maximum atomic E-state index is 13.7. The van der Waals surface area contributed by atoms with Crippen LogP contribution in [0.15, 0.2) is 24.3 Å². The number of nitriles is 1. The fraction of sp³-hybridized carbons (Fsp3) is 0.643. The number of hydrogen-bond acceptors (Lipinski definition) is 6. The summed E-state index contributed by atoms with van der Waals surface area (Å²) >= 11 is 0. The van der Waals surface area contributed by atoms with Crippen LogP contribution in [0.4, 0.5) is 18.0 Å². The van der Waals surface area contributed by atoms with Crippen LogP contribution in [-0.2, 0) is 20.5 Å². The molecule has 1 aromatic rings. The Balaban J connectivity index is 1.29. The van der Waals surface area contributed by atoms with Gasteiger partial charge in [0.25, 0.3) is 0 Å². The molecule has 4 aliphatic rings. The van der Waals surface area contributed by atoms with E-state index in [1.54, 1.807) is 37.5 Å². The van der Waals surface area contributed by atoms with Crippen LogP contribution >= 0.6 is 0 Å². The summed E-state index contributed by atoms with van der Waals surface area (Å²) in [6, 6.07) is 4.37. The summed E-state index contributed by atoms with van der Waals surface area (Å²) in [6.07, 6.45) is -3.21. The van der Waals surface area contributed by atoms with E-state index >= 15 is 0 Å². The first-order chi connectivity index (χ1) is 18.7. The van der Waals surface area contributed by atoms with Crippen LogP contribution in [0.1, 0.15) is 64.1 Å². The molecule has 3 saturated heterocycles. The summed E-state index contributed by atoms with van der Waals surface area (Å²) < 4.78 is 44.4. The van der Waals surface area contributed by atoms with Crippen molar-refractivity contribution in [1.29, 1.82) is 5.26 Å². The number of alkyl carbamates (subject to hydrolysis) is 1. The second kappa shape index (κ2) is 9.94. The molecule has 40 heavy (non-hydrogen) atoms. The Morgan fingerprint density at radius 3 is 2.40 bits per heavy atom. The second-order valence-electron chi connectivity index (χ2n) is 12.3. The van der Waals surface area contributed by atoms with Gasteiger partial charge in [0.2, 0.25) is 11.8 Å². The monoisotopic (exact) mass is 561 g/mol. The zero-order valence-corrected chi connectivity index (χ0v) is 22.9. The first kappa shape index (κ1) is 28.2. The summed E-state index contributed by atoms with van der Waals surface area (Å²) in [5, 5.41) is 12.3. The molecule has 7 atom stereocenters. The molecule has 1 N–H and O–H groups in total. The summed E-state index contributed by atoms with van der Waals surface area (Å²) in [5.41, 5.74) is -0.915. The van der Waals surface area contributed by atoms with Gasteiger partial charge in [0, 0.05) is 25.2 Å². The molecule has 0 spiro atoms. The van der Waals surface area contributed by atoms with Gasteiger partial charge in [-0.2, -0.15) is 18.4 Å². The summed E-state index contributed by atoms with van der Waals surface area (Å²) in [5.74, 6) is -0.210. The molecule has 4 fully saturated rings. The summed E-state index contributed by atoms with van der Waals surface area (Å²) in [7, 11) is 0. The quantitative estimate of drug-likeness (QED) is 0.571. The number of likely N-dealkylation sites (tertiary alicyclic amines) is 3. The molecule has 3 aliphatic heterocycles. The number of carbonyl (C=O) groups excluding carboxylic acids is 3. The number of carbonyl (C=O) groups is 3. The van der Waals surface area contributed by atoms with Crippen LogP contribution < -0.4 is 5.32 Å². The van der Waals surface area contributed by atoms with Crippen molar-refractivity contribution in [3.63, 3.8) is 0 Å². The van der Waals surface area contributed by atoms with E-state index in [1.807, 2.05) is 4.90 Å². The molecule has 1 saturated carbocycles. The van der Waals surface area contributed by atoms with Gasteiger partial charge in [-0.05, 0) is 70.6 Å². The van der Waals surface area contributed by atoms with Crippen molar-refractivity contribution in [2.45, 2.75) is 95.0 Å².